The first-order chi connectivity index (χ1) is 13.7. The van der Waals surface area contributed by atoms with Crippen LogP contribution in [0.4, 0.5) is 5.69 Å². The van der Waals surface area contributed by atoms with Gasteiger partial charge in [-0.15, -0.1) is 0 Å². The molecule has 0 fully saturated rings. The molecule has 1 aromatic heterocycles. The van der Waals surface area contributed by atoms with Crippen molar-refractivity contribution in [2.24, 2.45) is 0 Å². The molecule has 0 bridgehead atoms. The number of halogens is 1. The molecule has 1 N–H and O–H groups in total. The average molecular weight is 428 g/mol. The summed E-state index contributed by atoms with van der Waals surface area (Å²) in [6, 6.07) is 14.2. The van der Waals surface area contributed by atoms with E-state index in [1.54, 1.807) is 25.1 Å². The van der Waals surface area contributed by atoms with Gasteiger partial charge in [-0.05, 0) is 74.7 Å². The van der Waals surface area contributed by atoms with Crippen molar-refractivity contribution in [1.29, 1.82) is 0 Å². The van der Waals surface area contributed by atoms with Gasteiger partial charge in [0, 0.05) is 16.8 Å². The number of anilines is 1. The molecule has 7 heteroatoms. The SMILES string of the molecule is Cc1ccc(NC(=O)[C@@H](C)Sc2ccc(=O)n(-c3ccc(C)c(Cl)c3)n2)cc1C. The molecule has 0 spiro atoms. The second kappa shape index (κ2) is 8.84. The Morgan fingerprint density at radius 2 is 1.76 bits per heavy atom. The maximum absolute atomic E-state index is 12.6. The van der Waals surface area contributed by atoms with Crippen molar-refractivity contribution in [3.63, 3.8) is 0 Å². The van der Waals surface area contributed by atoms with E-state index in [0.29, 0.717) is 15.7 Å². The topological polar surface area (TPSA) is 64.0 Å². The number of aryl methyl sites for hydroxylation is 3. The second-order valence-corrected chi connectivity index (χ2v) is 8.67. The van der Waals surface area contributed by atoms with E-state index in [1.165, 1.54) is 28.1 Å². The Balaban J connectivity index is 1.77. The standard InChI is InChI=1S/C22H22ClN3O2S/c1-13-5-7-17(11-15(13)3)24-22(28)16(4)29-20-9-10-21(27)26(25-20)18-8-6-14(2)19(23)12-18/h5-12,16H,1-4H3,(H,24,28)/t16-/m1/s1. The summed E-state index contributed by atoms with van der Waals surface area (Å²) in [5.74, 6) is -0.129. The third-order valence-corrected chi connectivity index (χ3v) is 6.05. The highest BCUT2D eigenvalue weighted by atomic mass is 35.5. The molecule has 29 heavy (non-hydrogen) atoms. The van der Waals surface area contributed by atoms with Crippen LogP contribution in [0.15, 0.2) is 58.4 Å². The molecule has 0 radical (unpaired) electrons. The van der Waals surface area contributed by atoms with E-state index in [-0.39, 0.29) is 11.5 Å². The first-order valence-electron chi connectivity index (χ1n) is 9.16. The summed E-state index contributed by atoms with van der Waals surface area (Å²) in [5, 5.41) is 8.07. The summed E-state index contributed by atoms with van der Waals surface area (Å²) in [6.07, 6.45) is 0. The average Bonchev–Trinajstić information content (AvgIpc) is 2.68. The molecule has 0 saturated heterocycles. The fourth-order valence-corrected chi connectivity index (χ4v) is 3.63. The second-order valence-electron chi connectivity index (χ2n) is 6.90. The maximum Gasteiger partial charge on any atom is 0.271 e. The number of nitrogens with zero attached hydrogens (tertiary/aromatic N) is 2. The number of hydrogen-bond acceptors (Lipinski definition) is 4. The summed E-state index contributed by atoms with van der Waals surface area (Å²) in [5.41, 5.74) is 4.30. The Labute approximate surface area is 179 Å². The molecule has 1 heterocycles. The summed E-state index contributed by atoms with van der Waals surface area (Å²) in [7, 11) is 0. The fraction of sp³-hybridized carbons (Fsp3) is 0.227. The summed E-state index contributed by atoms with van der Waals surface area (Å²) in [4.78, 5) is 24.8. The highest BCUT2D eigenvalue weighted by Gasteiger charge is 2.17. The van der Waals surface area contributed by atoms with Gasteiger partial charge in [0.2, 0.25) is 5.91 Å². The first-order valence-corrected chi connectivity index (χ1v) is 10.4. The highest BCUT2D eigenvalue weighted by molar-refractivity contribution is 8.00. The fourth-order valence-electron chi connectivity index (χ4n) is 2.65. The van der Waals surface area contributed by atoms with Crippen LogP contribution in [0.2, 0.25) is 5.02 Å². The Hall–Kier alpha value is -2.57. The van der Waals surface area contributed by atoms with Gasteiger partial charge in [0.15, 0.2) is 0 Å². The molecule has 5 nitrogen and oxygen atoms in total. The van der Waals surface area contributed by atoms with Crippen molar-refractivity contribution in [3.05, 3.63) is 80.6 Å². The van der Waals surface area contributed by atoms with Gasteiger partial charge >= 0.3 is 0 Å². The number of hydrogen-bond donors (Lipinski definition) is 1. The third kappa shape index (κ3) is 5.08. The monoisotopic (exact) mass is 427 g/mol. The van der Waals surface area contributed by atoms with Crippen LogP contribution in [0.5, 0.6) is 0 Å². The van der Waals surface area contributed by atoms with E-state index in [1.807, 2.05) is 45.0 Å². The quantitative estimate of drug-likeness (QED) is 0.586. The van der Waals surface area contributed by atoms with Crippen molar-refractivity contribution in [1.82, 2.24) is 9.78 Å². The normalized spacial score (nSPS) is 11.9. The van der Waals surface area contributed by atoms with E-state index in [4.69, 9.17) is 11.6 Å². The van der Waals surface area contributed by atoms with Gasteiger partial charge in [0.1, 0.15) is 5.03 Å². The van der Waals surface area contributed by atoms with Crippen LogP contribution in [0.3, 0.4) is 0 Å². The van der Waals surface area contributed by atoms with Crippen LogP contribution in [0.25, 0.3) is 5.69 Å². The van der Waals surface area contributed by atoms with Gasteiger partial charge in [0.25, 0.3) is 5.56 Å². The summed E-state index contributed by atoms with van der Waals surface area (Å²) >= 11 is 7.47. The Kier molecular flexibility index (Phi) is 6.45. The molecule has 150 valence electrons. The number of carbonyl (C=O) groups excluding carboxylic acids is 1. The maximum atomic E-state index is 12.6. The number of benzene rings is 2. The molecule has 0 aliphatic heterocycles. The van der Waals surface area contributed by atoms with Gasteiger partial charge in [0.05, 0.1) is 10.9 Å². The lowest BCUT2D eigenvalue weighted by atomic mass is 10.1. The Bertz CT molecular complexity index is 1130. The van der Waals surface area contributed by atoms with E-state index < -0.39 is 5.25 Å². The van der Waals surface area contributed by atoms with Crippen molar-refractivity contribution < 1.29 is 4.79 Å². The number of nitrogens with one attached hydrogen (secondary N) is 1. The number of rotatable bonds is 5. The lowest BCUT2D eigenvalue weighted by Crippen LogP contribution is -2.24. The highest BCUT2D eigenvalue weighted by Crippen LogP contribution is 2.23. The van der Waals surface area contributed by atoms with Crippen LogP contribution < -0.4 is 10.9 Å². The molecular formula is C22H22ClN3O2S. The molecule has 0 aliphatic carbocycles. The van der Waals surface area contributed by atoms with Gasteiger partial charge in [-0.3, -0.25) is 9.59 Å². The van der Waals surface area contributed by atoms with Crippen molar-refractivity contribution in [2.75, 3.05) is 5.32 Å². The lowest BCUT2D eigenvalue weighted by molar-refractivity contribution is -0.115. The van der Waals surface area contributed by atoms with E-state index in [2.05, 4.69) is 10.4 Å². The minimum absolute atomic E-state index is 0.129. The molecule has 1 amide bonds. The molecular weight excluding hydrogens is 406 g/mol. The predicted octanol–water partition coefficient (Wildman–Crippen LogP) is 4.93. The zero-order chi connectivity index (χ0) is 21.1. The van der Waals surface area contributed by atoms with Gasteiger partial charge in [-0.25, -0.2) is 0 Å². The third-order valence-electron chi connectivity index (χ3n) is 4.62. The molecule has 1 atom stereocenters. The predicted molar refractivity (Wildman–Crippen MR) is 119 cm³/mol. The van der Waals surface area contributed by atoms with Gasteiger partial charge < -0.3 is 5.32 Å². The minimum atomic E-state index is -0.392. The zero-order valence-electron chi connectivity index (χ0n) is 16.7. The molecule has 0 aliphatic rings. The molecule has 0 saturated carbocycles. The molecule has 3 rings (SSSR count). The van der Waals surface area contributed by atoms with Crippen molar-refractivity contribution in [3.8, 4) is 5.69 Å². The van der Waals surface area contributed by atoms with Crippen LogP contribution in [0, 0.1) is 20.8 Å². The number of thioether (sulfide) groups is 1. The molecule has 3 aromatic rings. The lowest BCUT2D eigenvalue weighted by Gasteiger charge is -2.13. The van der Waals surface area contributed by atoms with E-state index in [9.17, 15) is 9.59 Å². The van der Waals surface area contributed by atoms with Crippen LogP contribution in [0.1, 0.15) is 23.6 Å². The van der Waals surface area contributed by atoms with Gasteiger partial charge in [-0.2, -0.15) is 9.78 Å². The largest absolute Gasteiger partial charge is 0.325 e. The number of aromatic nitrogens is 2. The van der Waals surface area contributed by atoms with E-state index >= 15 is 0 Å². The van der Waals surface area contributed by atoms with E-state index in [0.717, 1.165) is 16.8 Å². The Morgan fingerprint density at radius 1 is 1.03 bits per heavy atom. The van der Waals surface area contributed by atoms with Crippen LogP contribution in [-0.4, -0.2) is 20.9 Å². The van der Waals surface area contributed by atoms with Crippen LogP contribution in [-0.2, 0) is 4.79 Å². The number of amides is 1. The molecule has 2 aromatic carbocycles. The summed E-state index contributed by atoms with van der Waals surface area (Å²) in [6.45, 7) is 7.74. The van der Waals surface area contributed by atoms with Gasteiger partial charge in [-0.1, -0.05) is 35.5 Å². The van der Waals surface area contributed by atoms with Crippen molar-refractivity contribution in [2.45, 2.75) is 38.0 Å². The molecule has 0 unspecified atom stereocenters. The minimum Gasteiger partial charge on any atom is -0.325 e. The van der Waals surface area contributed by atoms with Crippen LogP contribution >= 0.6 is 23.4 Å². The van der Waals surface area contributed by atoms with Crippen molar-refractivity contribution >= 4 is 35.0 Å². The zero-order valence-corrected chi connectivity index (χ0v) is 18.3. The first kappa shape index (κ1) is 21.1. The smallest absolute Gasteiger partial charge is 0.271 e. The number of carbonyl (C=O) groups is 1. The summed E-state index contributed by atoms with van der Waals surface area (Å²) < 4.78 is 1.29. The Morgan fingerprint density at radius 3 is 2.45 bits per heavy atom.